The minimum absolute atomic E-state index is 0.0544. The zero-order valence-electron chi connectivity index (χ0n) is 28.1. The molecule has 1 aliphatic heterocycles. The molecule has 0 saturated carbocycles. The number of imidazole rings is 1. The van der Waals surface area contributed by atoms with E-state index in [9.17, 15) is 14.4 Å². The number of alkyl carbamates (subject to hydrolysis) is 1. The summed E-state index contributed by atoms with van der Waals surface area (Å²) >= 11 is 0. The molecule has 1 aromatic heterocycles. The first-order valence-corrected chi connectivity index (χ1v) is 16.9. The smallest absolute Gasteiger partial charge is 0.407 e. The quantitative estimate of drug-likeness (QED) is 0.201. The van der Waals surface area contributed by atoms with Gasteiger partial charge in [-0.2, -0.15) is 0 Å². The van der Waals surface area contributed by atoms with Crippen LogP contribution in [0.25, 0.3) is 22.2 Å². The largest absolute Gasteiger partial charge is 0.449 e. The SMILES string of the molecule is COCCCn1c([C@@H]2CCCN(C(=O)C[C@@H](CN(C)C(C)=O)NC(=O)OCC3c4ccccc4-c4ccccc43)C2)nc2ccccc21. The standard InChI is InChI=1S/C38H45N5O5/c1-26(44)41(2)24-28(39-38(46)48-25-33-31-15-6-4-13-29(31)30-14-5-7-16-32(30)33)22-36(45)42-19-10-12-27(23-42)37-40-34-17-8-9-18-35(34)43(37)20-11-21-47-3/h4-9,13-18,27-28,33H,10-12,19-25H2,1-3H3,(H,39,46)/t27-,28+/m1/s1. The lowest BCUT2D eigenvalue weighted by Crippen LogP contribution is -2.48. The third-order valence-electron chi connectivity index (χ3n) is 9.67. The monoisotopic (exact) mass is 651 g/mol. The van der Waals surface area contributed by atoms with Gasteiger partial charge in [0.1, 0.15) is 12.4 Å². The van der Waals surface area contributed by atoms with Crippen molar-refractivity contribution in [2.24, 2.45) is 0 Å². The van der Waals surface area contributed by atoms with Gasteiger partial charge in [0.25, 0.3) is 0 Å². The van der Waals surface area contributed by atoms with E-state index in [1.165, 1.54) is 11.8 Å². The summed E-state index contributed by atoms with van der Waals surface area (Å²) < 4.78 is 13.4. The number of nitrogens with zero attached hydrogens (tertiary/aromatic N) is 4. The number of likely N-dealkylation sites (N-methyl/N-ethyl adjacent to an activating group) is 1. The highest BCUT2D eigenvalue weighted by molar-refractivity contribution is 5.80. The zero-order valence-corrected chi connectivity index (χ0v) is 28.1. The van der Waals surface area contributed by atoms with E-state index in [1.807, 2.05) is 47.4 Å². The number of benzene rings is 3. The number of aromatic nitrogens is 2. The molecule has 48 heavy (non-hydrogen) atoms. The third kappa shape index (κ3) is 7.23. The molecule has 2 heterocycles. The molecule has 0 spiro atoms. The number of hydrogen-bond donors (Lipinski definition) is 1. The number of nitrogens with one attached hydrogen (secondary N) is 1. The van der Waals surface area contributed by atoms with Gasteiger partial charge in [-0.3, -0.25) is 9.59 Å². The van der Waals surface area contributed by atoms with Crippen LogP contribution in [0.2, 0.25) is 0 Å². The van der Waals surface area contributed by atoms with Crippen molar-refractivity contribution in [2.75, 3.05) is 47.0 Å². The normalized spacial score (nSPS) is 16.3. The molecule has 1 fully saturated rings. The van der Waals surface area contributed by atoms with E-state index in [1.54, 1.807) is 14.2 Å². The van der Waals surface area contributed by atoms with E-state index in [4.69, 9.17) is 14.5 Å². The molecule has 2 atom stereocenters. The van der Waals surface area contributed by atoms with Crippen LogP contribution in [0.15, 0.2) is 72.8 Å². The first kappa shape index (κ1) is 33.2. The van der Waals surface area contributed by atoms with Crippen molar-refractivity contribution >= 4 is 28.9 Å². The molecule has 0 radical (unpaired) electrons. The highest BCUT2D eigenvalue weighted by Crippen LogP contribution is 2.44. The first-order chi connectivity index (χ1) is 23.3. The summed E-state index contributed by atoms with van der Waals surface area (Å²) in [6.07, 6.45) is 2.11. The lowest BCUT2D eigenvalue weighted by atomic mass is 9.96. The second kappa shape index (κ2) is 15.0. The Hall–Kier alpha value is -4.70. The van der Waals surface area contributed by atoms with Gasteiger partial charge in [-0.1, -0.05) is 60.7 Å². The van der Waals surface area contributed by atoms with Gasteiger partial charge in [0.15, 0.2) is 0 Å². The zero-order chi connectivity index (χ0) is 33.6. The van der Waals surface area contributed by atoms with Crippen LogP contribution in [0.3, 0.4) is 0 Å². The molecular formula is C38H45N5O5. The van der Waals surface area contributed by atoms with Gasteiger partial charge in [-0.25, -0.2) is 9.78 Å². The molecule has 1 saturated heterocycles. The summed E-state index contributed by atoms with van der Waals surface area (Å²) in [5.41, 5.74) is 6.60. The van der Waals surface area contributed by atoms with Gasteiger partial charge < -0.3 is 29.2 Å². The maximum Gasteiger partial charge on any atom is 0.407 e. The molecule has 1 aliphatic carbocycles. The van der Waals surface area contributed by atoms with E-state index in [-0.39, 0.29) is 43.2 Å². The summed E-state index contributed by atoms with van der Waals surface area (Å²) in [6.45, 7) is 4.47. The van der Waals surface area contributed by atoms with Crippen LogP contribution in [0.1, 0.15) is 61.4 Å². The number of carbonyl (C=O) groups excluding carboxylic acids is 3. The summed E-state index contributed by atoms with van der Waals surface area (Å²) in [5, 5.41) is 2.91. The average molecular weight is 652 g/mol. The van der Waals surface area contributed by atoms with Crippen molar-refractivity contribution < 1.29 is 23.9 Å². The fraction of sp³-hybridized carbons (Fsp3) is 0.421. The van der Waals surface area contributed by atoms with Gasteiger partial charge >= 0.3 is 6.09 Å². The van der Waals surface area contributed by atoms with Crippen molar-refractivity contribution in [3.63, 3.8) is 0 Å². The number of aryl methyl sites for hydroxylation is 1. The number of para-hydroxylation sites is 2. The lowest BCUT2D eigenvalue weighted by molar-refractivity contribution is -0.134. The Morgan fingerprint density at radius 1 is 1.00 bits per heavy atom. The van der Waals surface area contributed by atoms with E-state index in [0.717, 1.165) is 64.9 Å². The van der Waals surface area contributed by atoms with Gasteiger partial charge in [0.05, 0.1) is 17.1 Å². The van der Waals surface area contributed by atoms with Gasteiger partial charge in [0, 0.05) is 72.1 Å². The topological polar surface area (TPSA) is 106 Å². The molecular weight excluding hydrogens is 606 g/mol. The number of hydrogen-bond acceptors (Lipinski definition) is 6. The number of piperidine rings is 1. The second-order valence-corrected chi connectivity index (χ2v) is 12.9. The Balaban J connectivity index is 1.12. The molecule has 3 amide bonds. The van der Waals surface area contributed by atoms with Crippen molar-refractivity contribution in [3.8, 4) is 11.1 Å². The number of methoxy groups -OCH3 is 1. The number of likely N-dealkylation sites (tertiary alicyclic amines) is 1. The van der Waals surface area contributed by atoms with Crippen molar-refractivity contribution in [2.45, 2.75) is 57.0 Å². The van der Waals surface area contributed by atoms with Gasteiger partial charge in [0.2, 0.25) is 11.8 Å². The maximum atomic E-state index is 13.8. The molecule has 4 aromatic rings. The van der Waals surface area contributed by atoms with Gasteiger partial charge in [-0.15, -0.1) is 0 Å². The molecule has 1 N–H and O–H groups in total. The molecule has 3 aromatic carbocycles. The Labute approximate surface area is 282 Å². The molecule has 0 unspecified atom stereocenters. The minimum Gasteiger partial charge on any atom is -0.449 e. The van der Waals surface area contributed by atoms with Crippen LogP contribution in [0, 0.1) is 0 Å². The number of amides is 3. The molecule has 0 bridgehead atoms. The van der Waals surface area contributed by atoms with Crippen LogP contribution in [-0.2, 0) is 25.6 Å². The molecule has 2 aliphatic rings. The average Bonchev–Trinajstić information content (AvgIpc) is 3.63. The van der Waals surface area contributed by atoms with E-state index >= 15 is 0 Å². The Morgan fingerprint density at radius 2 is 1.69 bits per heavy atom. The number of carbonyl (C=O) groups is 3. The van der Waals surface area contributed by atoms with Crippen LogP contribution in [-0.4, -0.2) is 90.3 Å². The summed E-state index contributed by atoms with van der Waals surface area (Å²) in [7, 11) is 3.38. The van der Waals surface area contributed by atoms with Crippen molar-refractivity contribution in [1.29, 1.82) is 0 Å². The van der Waals surface area contributed by atoms with Crippen LogP contribution in [0.4, 0.5) is 4.79 Å². The number of ether oxygens (including phenoxy) is 2. The maximum absolute atomic E-state index is 13.8. The number of rotatable bonds is 12. The van der Waals surface area contributed by atoms with Crippen molar-refractivity contribution in [1.82, 2.24) is 24.7 Å². The van der Waals surface area contributed by atoms with Crippen LogP contribution < -0.4 is 5.32 Å². The van der Waals surface area contributed by atoms with E-state index < -0.39 is 12.1 Å². The van der Waals surface area contributed by atoms with Gasteiger partial charge in [-0.05, 0) is 53.6 Å². The Morgan fingerprint density at radius 3 is 2.40 bits per heavy atom. The molecule has 10 heteroatoms. The highest BCUT2D eigenvalue weighted by atomic mass is 16.5. The summed E-state index contributed by atoms with van der Waals surface area (Å²) in [6, 6.07) is 23.9. The van der Waals surface area contributed by atoms with Crippen LogP contribution in [0.5, 0.6) is 0 Å². The predicted octanol–water partition coefficient (Wildman–Crippen LogP) is 5.55. The fourth-order valence-corrected chi connectivity index (χ4v) is 7.19. The fourth-order valence-electron chi connectivity index (χ4n) is 7.19. The predicted molar refractivity (Wildman–Crippen MR) is 185 cm³/mol. The first-order valence-electron chi connectivity index (χ1n) is 16.9. The summed E-state index contributed by atoms with van der Waals surface area (Å²) in [5.74, 6) is 0.794. The third-order valence-corrected chi connectivity index (χ3v) is 9.67. The number of fused-ring (bicyclic) bond motifs is 4. The van der Waals surface area contributed by atoms with E-state index in [0.29, 0.717) is 19.7 Å². The Kier molecular flexibility index (Phi) is 10.4. The highest BCUT2D eigenvalue weighted by Gasteiger charge is 2.32. The Bertz CT molecular complexity index is 1720. The molecule has 252 valence electrons. The molecule has 6 rings (SSSR count). The van der Waals surface area contributed by atoms with E-state index in [2.05, 4.69) is 40.2 Å². The lowest BCUT2D eigenvalue weighted by Gasteiger charge is -2.34. The molecule has 10 nitrogen and oxygen atoms in total. The second-order valence-electron chi connectivity index (χ2n) is 12.9. The van der Waals surface area contributed by atoms with Crippen molar-refractivity contribution in [3.05, 3.63) is 89.7 Å². The summed E-state index contributed by atoms with van der Waals surface area (Å²) in [4.78, 5) is 47.6. The van der Waals surface area contributed by atoms with Crippen LogP contribution >= 0.6 is 0 Å². The minimum atomic E-state index is -0.610.